The van der Waals surface area contributed by atoms with Gasteiger partial charge >= 0.3 is 5.97 Å². The van der Waals surface area contributed by atoms with E-state index < -0.39 is 5.97 Å². The predicted molar refractivity (Wildman–Crippen MR) is 65.2 cm³/mol. The van der Waals surface area contributed by atoms with Crippen molar-refractivity contribution < 1.29 is 14.7 Å². The first-order valence-electron chi connectivity index (χ1n) is 5.86. The Balaban J connectivity index is 1.93. The van der Waals surface area contributed by atoms with E-state index in [1.807, 2.05) is 0 Å². The van der Waals surface area contributed by atoms with E-state index in [0.717, 1.165) is 19.4 Å². The van der Waals surface area contributed by atoms with E-state index in [2.05, 4.69) is 15.6 Å². The van der Waals surface area contributed by atoms with Crippen LogP contribution in [0.25, 0.3) is 0 Å². The number of nitrogens with zero attached hydrogens (tertiary/aromatic N) is 1. The lowest BCUT2D eigenvalue weighted by molar-refractivity contribution is -0.136. The molecule has 0 bridgehead atoms. The van der Waals surface area contributed by atoms with Crippen LogP contribution in [-0.4, -0.2) is 34.6 Å². The second kappa shape index (κ2) is 5.59. The molecule has 1 saturated heterocycles. The molecule has 96 valence electrons. The monoisotopic (exact) mass is 249 g/mol. The Hall–Kier alpha value is -1.95. The number of carbonyl (C=O) groups is 2. The summed E-state index contributed by atoms with van der Waals surface area (Å²) in [6, 6.07) is 3.13. The fourth-order valence-corrected chi connectivity index (χ4v) is 1.90. The lowest BCUT2D eigenvalue weighted by Crippen LogP contribution is -2.35. The number of hydrogen-bond donors (Lipinski definition) is 3. The van der Waals surface area contributed by atoms with Gasteiger partial charge in [0.15, 0.2) is 0 Å². The van der Waals surface area contributed by atoms with Crippen molar-refractivity contribution in [2.75, 3.05) is 11.9 Å². The van der Waals surface area contributed by atoms with Crippen molar-refractivity contribution in [1.29, 1.82) is 0 Å². The molecule has 0 radical (unpaired) electrons. The summed E-state index contributed by atoms with van der Waals surface area (Å²) < 4.78 is 0. The van der Waals surface area contributed by atoms with Crippen LogP contribution < -0.4 is 10.6 Å². The largest absolute Gasteiger partial charge is 0.481 e. The minimum Gasteiger partial charge on any atom is -0.481 e. The first-order valence-corrected chi connectivity index (χ1v) is 5.86. The number of carboxylic acid groups (broad SMARTS) is 1. The highest BCUT2D eigenvalue weighted by atomic mass is 16.4. The molecule has 0 saturated carbocycles. The Morgan fingerprint density at radius 3 is 2.89 bits per heavy atom. The number of carbonyl (C=O) groups excluding carboxylic acids is 1. The number of rotatable bonds is 4. The second-order valence-electron chi connectivity index (χ2n) is 4.25. The van der Waals surface area contributed by atoms with Gasteiger partial charge in [-0.15, -0.1) is 0 Å². The van der Waals surface area contributed by atoms with Gasteiger partial charge in [0.25, 0.3) is 0 Å². The maximum Gasteiger partial charge on any atom is 0.309 e. The maximum atomic E-state index is 11.8. The zero-order chi connectivity index (χ0) is 13.0. The van der Waals surface area contributed by atoms with E-state index in [1.165, 1.54) is 6.20 Å². The molecule has 1 atom stereocenters. The molecule has 18 heavy (non-hydrogen) atoms. The number of hydrogen-bond acceptors (Lipinski definition) is 4. The molecule has 0 unspecified atom stereocenters. The zero-order valence-electron chi connectivity index (χ0n) is 9.85. The minimum absolute atomic E-state index is 0.0692. The molecule has 1 aromatic rings. The summed E-state index contributed by atoms with van der Waals surface area (Å²) in [5, 5.41) is 14.5. The summed E-state index contributed by atoms with van der Waals surface area (Å²) in [7, 11) is 0. The second-order valence-corrected chi connectivity index (χ2v) is 4.25. The molecule has 1 aliphatic heterocycles. The van der Waals surface area contributed by atoms with Gasteiger partial charge < -0.3 is 15.7 Å². The highest BCUT2D eigenvalue weighted by molar-refractivity contribution is 5.94. The average molecular weight is 249 g/mol. The van der Waals surface area contributed by atoms with Crippen LogP contribution in [0.2, 0.25) is 0 Å². The van der Waals surface area contributed by atoms with Crippen LogP contribution >= 0.6 is 0 Å². The molecule has 6 nitrogen and oxygen atoms in total. The first-order chi connectivity index (χ1) is 8.65. The third-order valence-electron chi connectivity index (χ3n) is 2.80. The van der Waals surface area contributed by atoms with Crippen LogP contribution in [-0.2, 0) is 16.0 Å². The van der Waals surface area contributed by atoms with E-state index in [9.17, 15) is 9.59 Å². The Labute approximate surface area is 104 Å². The van der Waals surface area contributed by atoms with Crippen LogP contribution in [0, 0.1) is 0 Å². The van der Waals surface area contributed by atoms with Crippen molar-refractivity contribution >= 4 is 17.6 Å². The minimum atomic E-state index is -0.922. The third kappa shape index (κ3) is 3.27. The van der Waals surface area contributed by atoms with Gasteiger partial charge in [0, 0.05) is 0 Å². The van der Waals surface area contributed by atoms with Gasteiger partial charge in [-0.3, -0.25) is 14.6 Å². The molecule has 6 heteroatoms. The van der Waals surface area contributed by atoms with Gasteiger partial charge in [0.05, 0.1) is 30.0 Å². The third-order valence-corrected chi connectivity index (χ3v) is 2.80. The molecule has 0 aromatic carbocycles. The van der Waals surface area contributed by atoms with Crippen molar-refractivity contribution in [2.45, 2.75) is 25.3 Å². The molecule has 2 heterocycles. The number of aliphatic carboxylic acids is 1. The number of amides is 1. The zero-order valence-corrected chi connectivity index (χ0v) is 9.85. The molecule has 0 aliphatic carbocycles. The highest BCUT2D eigenvalue weighted by Crippen LogP contribution is 2.10. The molecular weight excluding hydrogens is 234 g/mol. The Morgan fingerprint density at radius 1 is 1.50 bits per heavy atom. The van der Waals surface area contributed by atoms with Crippen LogP contribution in [0.3, 0.4) is 0 Å². The SMILES string of the molecule is O=C(O)Cc1ccc(NC(=O)[C@@H]2CCCN2)cn1. The van der Waals surface area contributed by atoms with Crippen LogP contribution in [0.1, 0.15) is 18.5 Å². The normalized spacial score (nSPS) is 18.6. The van der Waals surface area contributed by atoms with Crippen LogP contribution in [0.15, 0.2) is 18.3 Å². The molecule has 2 rings (SSSR count). The van der Waals surface area contributed by atoms with Gasteiger partial charge in [-0.2, -0.15) is 0 Å². The first kappa shape index (κ1) is 12.5. The van der Waals surface area contributed by atoms with Gasteiger partial charge in [0.1, 0.15) is 0 Å². The van der Waals surface area contributed by atoms with E-state index in [1.54, 1.807) is 12.1 Å². The molecule has 1 amide bonds. The summed E-state index contributed by atoms with van der Waals surface area (Å²) in [5.41, 5.74) is 1.06. The van der Waals surface area contributed by atoms with Gasteiger partial charge in [-0.25, -0.2) is 0 Å². The molecule has 0 spiro atoms. The number of pyridine rings is 1. The summed E-state index contributed by atoms with van der Waals surface area (Å²) in [5.74, 6) is -0.991. The fraction of sp³-hybridized carbons (Fsp3) is 0.417. The standard InChI is InChI=1S/C12H15N3O3/c16-11(17)6-8-3-4-9(7-14-8)15-12(18)10-2-1-5-13-10/h3-4,7,10,13H,1-2,5-6H2,(H,15,18)(H,16,17)/t10-/m0/s1. The van der Waals surface area contributed by atoms with Crippen LogP contribution in [0.5, 0.6) is 0 Å². The van der Waals surface area contributed by atoms with E-state index in [4.69, 9.17) is 5.11 Å². The van der Waals surface area contributed by atoms with Crippen LogP contribution in [0.4, 0.5) is 5.69 Å². The van der Waals surface area contributed by atoms with Gasteiger partial charge in [0.2, 0.25) is 5.91 Å². The highest BCUT2D eigenvalue weighted by Gasteiger charge is 2.21. The van der Waals surface area contributed by atoms with Gasteiger partial charge in [-0.1, -0.05) is 0 Å². The Bertz CT molecular complexity index is 438. The quantitative estimate of drug-likeness (QED) is 0.718. The Morgan fingerprint density at radius 2 is 2.33 bits per heavy atom. The average Bonchev–Trinajstić information content (AvgIpc) is 2.84. The van der Waals surface area contributed by atoms with Crippen molar-refractivity contribution in [1.82, 2.24) is 10.3 Å². The number of carboxylic acids is 1. The lowest BCUT2D eigenvalue weighted by atomic mass is 10.2. The topological polar surface area (TPSA) is 91.3 Å². The molecule has 1 aliphatic rings. The van der Waals surface area contributed by atoms with Crippen molar-refractivity contribution in [3.05, 3.63) is 24.0 Å². The van der Waals surface area contributed by atoms with E-state index >= 15 is 0 Å². The van der Waals surface area contributed by atoms with E-state index in [-0.39, 0.29) is 18.4 Å². The summed E-state index contributed by atoms with van der Waals surface area (Å²) in [6.07, 6.45) is 3.22. The summed E-state index contributed by atoms with van der Waals surface area (Å²) in [6.45, 7) is 0.869. The van der Waals surface area contributed by atoms with E-state index in [0.29, 0.717) is 11.4 Å². The maximum absolute atomic E-state index is 11.8. The van der Waals surface area contributed by atoms with Gasteiger partial charge in [-0.05, 0) is 31.5 Å². The smallest absolute Gasteiger partial charge is 0.309 e. The molecule has 3 N–H and O–H groups in total. The fourth-order valence-electron chi connectivity index (χ4n) is 1.90. The predicted octanol–water partition coefficient (Wildman–Crippen LogP) is 0.399. The molecule has 1 fully saturated rings. The number of aromatic nitrogens is 1. The summed E-state index contributed by atoms with van der Waals surface area (Å²) >= 11 is 0. The molecule has 1 aromatic heterocycles. The van der Waals surface area contributed by atoms with Crippen molar-refractivity contribution in [2.24, 2.45) is 0 Å². The summed E-state index contributed by atoms with van der Waals surface area (Å²) in [4.78, 5) is 26.3. The number of anilines is 1. The van der Waals surface area contributed by atoms with Crippen molar-refractivity contribution in [3.63, 3.8) is 0 Å². The lowest BCUT2D eigenvalue weighted by Gasteiger charge is -2.10. The van der Waals surface area contributed by atoms with Crippen molar-refractivity contribution in [3.8, 4) is 0 Å². The Kier molecular flexibility index (Phi) is 3.88. The number of nitrogens with one attached hydrogen (secondary N) is 2. The molecular formula is C12H15N3O3.